The van der Waals surface area contributed by atoms with Crippen LogP contribution in [0, 0.1) is 5.92 Å². The maximum atomic E-state index is 12.2. The van der Waals surface area contributed by atoms with Crippen LogP contribution in [0.4, 0.5) is 5.69 Å². The van der Waals surface area contributed by atoms with Gasteiger partial charge in [0.05, 0.1) is 11.3 Å². The lowest BCUT2D eigenvalue weighted by Gasteiger charge is -2.27. The fourth-order valence-corrected chi connectivity index (χ4v) is 2.83. The first-order valence-corrected chi connectivity index (χ1v) is 7.33. The van der Waals surface area contributed by atoms with Crippen molar-refractivity contribution in [1.82, 2.24) is 5.32 Å². The van der Waals surface area contributed by atoms with E-state index in [1.165, 1.54) is 12.1 Å². The molecule has 0 bridgehead atoms. The molecule has 1 aliphatic rings. The predicted molar refractivity (Wildman–Crippen MR) is 79.9 cm³/mol. The zero-order chi connectivity index (χ0) is 14.7. The molecular weight excluding hydrogens is 324 g/mol. The Balaban J connectivity index is 2.06. The Bertz CT molecular complexity index is 533. The molecule has 1 amide bonds. The zero-order valence-corrected chi connectivity index (χ0v) is 12.7. The van der Waals surface area contributed by atoms with E-state index in [0.717, 1.165) is 19.4 Å². The summed E-state index contributed by atoms with van der Waals surface area (Å²) in [6, 6.07) is 4.92. The summed E-state index contributed by atoms with van der Waals surface area (Å²) in [4.78, 5) is 23.1. The largest absolute Gasteiger partial charge is 0.478 e. The van der Waals surface area contributed by atoms with Crippen molar-refractivity contribution in [3.05, 3.63) is 28.2 Å². The number of anilines is 1. The van der Waals surface area contributed by atoms with Crippen molar-refractivity contribution in [2.75, 3.05) is 11.9 Å². The molecule has 108 valence electrons. The maximum absolute atomic E-state index is 12.2. The number of hydrogen-bond donors (Lipinski definition) is 3. The van der Waals surface area contributed by atoms with Gasteiger partial charge in [0, 0.05) is 16.4 Å². The Morgan fingerprint density at radius 2 is 2.20 bits per heavy atom. The van der Waals surface area contributed by atoms with Crippen LogP contribution in [0.2, 0.25) is 0 Å². The van der Waals surface area contributed by atoms with Crippen LogP contribution >= 0.6 is 15.9 Å². The second kappa shape index (κ2) is 6.37. The van der Waals surface area contributed by atoms with E-state index in [1.807, 2.05) is 0 Å². The molecule has 1 fully saturated rings. The smallest absolute Gasteiger partial charge is 0.335 e. The van der Waals surface area contributed by atoms with Crippen LogP contribution in [0.1, 0.15) is 30.1 Å². The Kier molecular flexibility index (Phi) is 4.77. The number of amides is 1. The van der Waals surface area contributed by atoms with Crippen molar-refractivity contribution < 1.29 is 14.7 Å². The van der Waals surface area contributed by atoms with Crippen molar-refractivity contribution in [1.29, 1.82) is 0 Å². The normalized spacial score (nSPS) is 22.3. The minimum Gasteiger partial charge on any atom is -0.478 e. The van der Waals surface area contributed by atoms with E-state index in [9.17, 15) is 9.59 Å². The van der Waals surface area contributed by atoms with Gasteiger partial charge in [-0.1, -0.05) is 0 Å². The molecule has 1 aromatic rings. The number of carbonyl (C=O) groups excluding carboxylic acids is 1. The Morgan fingerprint density at radius 3 is 2.80 bits per heavy atom. The number of carboxylic acid groups (broad SMARTS) is 1. The van der Waals surface area contributed by atoms with Crippen LogP contribution in [-0.2, 0) is 4.79 Å². The lowest BCUT2D eigenvalue weighted by atomic mass is 9.92. The predicted octanol–water partition coefficient (Wildman–Crippen LogP) is 2.47. The van der Waals surface area contributed by atoms with Gasteiger partial charge in [0.25, 0.3) is 0 Å². The average Bonchev–Trinajstić information content (AvgIpc) is 2.40. The molecule has 2 atom stereocenters. The summed E-state index contributed by atoms with van der Waals surface area (Å²) in [5.74, 6) is -1.00. The molecule has 0 aliphatic carbocycles. The number of rotatable bonds is 3. The number of carbonyl (C=O) groups is 2. The second-order valence-corrected chi connectivity index (χ2v) is 5.92. The molecule has 20 heavy (non-hydrogen) atoms. The van der Waals surface area contributed by atoms with E-state index < -0.39 is 5.97 Å². The summed E-state index contributed by atoms with van der Waals surface area (Å²) < 4.78 is 0.577. The van der Waals surface area contributed by atoms with Gasteiger partial charge in [-0.2, -0.15) is 0 Å². The van der Waals surface area contributed by atoms with Crippen LogP contribution in [0.15, 0.2) is 22.7 Å². The maximum Gasteiger partial charge on any atom is 0.335 e. The minimum atomic E-state index is -0.990. The number of benzene rings is 1. The third-order valence-corrected chi connectivity index (χ3v) is 4.12. The molecule has 0 saturated carbocycles. The highest BCUT2D eigenvalue weighted by Crippen LogP contribution is 2.25. The summed E-state index contributed by atoms with van der Waals surface area (Å²) in [5.41, 5.74) is 0.788. The van der Waals surface area contributed by atoms with Gasteiger partial charge in [0.1, 0.15) is 0 Å². The van der Waals surface area contributed by atoms with Crippen LogP contribution < -0.4 is 10.6 Å². The molecule has 1 saturated heterocycles. The number of aromatic carboxylic acids is 1. The standard InChI is InChI=1S/C14H17BrN2O3/c1-8-6-9(4-5-16-8)13(18)17-12-3-2-10(14(19)20)7-11(12)15/h2-3,7-9,16H,4-6H2,1H3,(H,17,18)(H,19,20). The number of hydrogen-bond acceptors (Lipinski definition) is 3. The van der Waals surface area contributed by atoms with E-state index in [0.29, 0.717) is 16.2 Å². The molecule has 5 nitrogen and oxygen atoms in total. The van der Waals surface area contributed by atoms with E-state index in [2.05, 4.69) is 33.5 Å². The molecule has 6 heteroatoms. The number of nitrogens with one attached hydrogen (secondary N) is 2. The number of carboxylic acids is 1. The van der Waals surface area contributed by atoms with E-state index >= 15 is 0 Å². The van der Waals surface area contributed by atoms with Gasteiger partial charge in [-0.15, -0.1) is 0 Å². The van der Waals surface area contributed by atoms with Crippen LogP contribution in [0.3, 0.4) is 0 Å². The van der Waals surface area contributed by atoms with Gasteiger partial charge in [0.15, 0.2) is 0 Å². The minimum absolute atomic E-state index is 0.00250. The quantitative estimate of drug-likeness (QED) is 0.789. The molecule has 3 N–H and O–H groups in total. The van der Waals surface area contributed by atoms with Crippen molar-refractivity contribution in [3.8, 4) is 0 Å². The van der Waals surface area contributed by atoms with Crippen molar-refractivity contribution >= 4 is 33.5 Å². The van der Waals surface area contributed by atoms with E-state index in [-0.39, 0.29) is 17.4 Å². The monoisotopic (exact) mass is 340 g/mol. The Morgan fingerprint density at radius 1 is 1.45 bits per heavy atom. The summed E-state index contributed by atoms with van der Waals surface area (Å²) in [6.07, 6.45) is 1.64. The summed E-state index contributed by atoms with van der Waals surface area (Å²) in [7, 11) is 0. The van der Waals surface area contributed by atoms with Crippen LogP contribution in [0.5, 0.6) is 0 Å². The van der Waals surface area contributed by atoms with E-state index in [4.69, 9.17) is 5.11 Å². The first-order valence-electron chi connectivity index (χ1n) is 6.54. The summed E-state index contributed by atoms with van der Waals surface area (Å²) in [6.45, 7) is 2.91. The first-order chi connectivity index (χ1) is 9.47. The molecule has 0 radical (unpaired) electrons. The highest BCUT2D eigenvalue weighted by atomic mass is 79.9. The summed E-state index contributed by atoms with van der Waals surface area (Å²) >= 11 is 3.29. The van der Waals surface area contributed by atoms with Crippen molar-refractivity contribution in [2.45, 2.75) is 25.8 Å². The second-order valence-electron chi connectivity index (χ2n) is 5.07. The summed E-state index contributed by atoms with van der Waals surface area (Å²) in [5, 5.41) is 15.1. The van der Waals surface area contributed by atoms with Gasteiger partial charge in [-0.25, -0.2) is 4.79 Å². The highest BCUT2D eigenvalue weighted by molar-refractivity contribution is 9.10. The van der Waals surface area contributed by atoms with Gasteiger partial charge in [0.2, 0.25) is 5.91 Å². The molecule has 1 heterocycles. The van der Waals surface area contributed by atoms with Gasteiger partial charge >= 0.3 is 5.97 Å². The van der Waals surface area contributed by atoms with Crippen LogP contribution in [0.25, 0.3) is 0 Å². The molecule has 1 aromatic carbocycles. The molecule has 2 rings (SSSR count). The third-order valence-electron chi connectivity index (χ3n) is 3.47. The van der Waals surface area contributed by atoms with E-state index in [1.54, 1.807) is 6.07 Å². The average molecular weight is 341 g/mol. The first kappa shape index (κ1) is 15.0. The third kappa shape index (κ3) is 3.58. The lowest BCUT2D eigenvalue weighted by molar-refractivity contribution is -0.120. The van der Waals surface area contributed by atoms with Crippen LogP contribution in [-0.4, -0.2) is 29.6 Å². The zero-order valence-electron chi connectivity index (χ0n) is 11.1. The fraction of sp³-hybridized carbons (Fsp3) is 0.429. The van der Waals surface area contributed by atoms with Crippen molar-refractivity contribution in [2.24, 2.45) is 5.92 Å². The molecule has 1 aliphatic heterocycles. The Hall–Kier alpha value is -1.40. The molecule has 0 aromatic heterocycles. The fourth-order valence-electron chi connectivity index (χ4n) is 2.35. The topological polar surface area (TPSA) is 78.4 Å². The Labute approximate surface area is 125 Å². The lowest BCUT2D eigenvalue weighted by Crippen LogP contribution is -2.40. The van der Waals surface area contributed by atoms with Gasteiger partial charge in [-0.05, 0) is 60.4 Å². The number of piperidine rings is 1. The molecular formula is C14H17BrN2O3. The molecule has 2 unspecified atom stereocenters. The molecule has 0 spiro atoms. The van der Waals surface area contributed by atoms with Gasteiger partial charge in [-0.3, -0.25) is 4.79 Å². The SMILES string of the molecule is CC1CC(C(=O)Nc2ccc(C(=O)O)cc2Br)CCN1. The van der Waals surface area contributed by atoms with Crippen molar-refractivity contribution in [3.63, 3.8) is 0 Å². The highest BCUT2D eigenvalue weighted by Gasteiger charge is 2.25. The number of halogens is 1. The van der Waals surface area contributed by atoms with Gasteiger partial charge < -0.3 is 15.7 Å².